The van der Waals surface area contributed by atoms with E-state index in [1.807, 2.05) is 0 Å². The molecule has 0 aliphatic carbocycles. The number of carbonyl (C=O) groups is 1. The maximum Gasteiger partial charge on any atom is 0.417 e. The summed E-state index contributed by atoms with van der Waals surface area (Å²) in [5, 5.41) is 5.74. The Labute approximate surface area is 166 Å². The lowest BCUT2D eigenvalue weighted by Crippen LogP contribution is -2.14. The average Bonchev–Trinajstić information content (AvgIpc) is 3.04. The van der Waals surface area contributed by atoms with Crippen LogP contribution in [0.4, 0.5) is 27.6 Å². The van der Waals surface area contributed by atoms with Gasteiger partial charge in [-0.1, -0.05) is 29.8 Å². The van der Waals surface area contributed by atoms with Gasteiger partial charge in [-0.3, -0.25) is 14.5 Å². The van der Waals surface area contributed by atoms with Gasteiger partial charge in [0.05, 0.1) is 27.5 Å². The Morgan fingerprint density at radius 3 is 2.55 bits per heavy atom. The number of amides is 1. The summed E-state index contributed by atoms with van der Waals surface area (Å²) < 4.78 is 65.7. The van der Waals surface area contributed by atoms with E-state index in [0.29, 0.717) is 6.20 Å². The lowest BCUT2D eigenvalue weighted by Gasteiger charge is -2.13. The Morgan fingerprint density at radius 2 is 1.93 bits per heavy atom. The summed E-state index contributed by atoms with van der Waals surface area (Å²) in [6.07, 6.45) is -5.81. The Kier molecular flexibility index (Phi) is 5.56. The van der Waals surface area contributed by atoms with E-state index in [-0.39, 0.29) is 27.5 Å². The summed E-state index contributed by atoms with van der Waals surface area (Å²) in [5.41, 5.74) is -1.68. The third kappa shape index (κ3) is 4.37. The second kappa shape index (κ2) is 7.78. The number of para-hydroxylation sites is 1. The summed E-state index contributed by atoms with van der Waals surface area (Å²) in [4.78, 5) is 16.3. The molecule has 0 saturated heterocycles. The molecule has 29 heavy (non-hydrogen) atoms. The number of pyridine rings is 1. The van der Waals surface area contributed by atoms with Crippen LogP contribution in [0.5, 0.6) is 0 Å². The molecule has 0 aliphatic rings. The first-order valence-electron chi connectivity index (χ1n) is 8.03. The lowest BCUT2D eigenvalue weighted by atomic mass is 10.1. The van der Waals surface area contributed by atoms with Gasteiger partial charge in [0.2, 0.25) is 0 Å². The number of benzene rings is 1. The standard InChI is InChI=1S/C18H12ClF5N4O/c1-28-8-11(15(27-28)16(20)21)17(29)26-13-5-3-2-4-10(13)14-12(19)6-9(7-25-14)18(22,23)24/h2-8,16H,1H3,(H,26,29). The van der Waals surface area contributed by atoms with Gasteiger partial charge in [0.15, 0.2) is 0 Å². The summed E-state index contributed by atoms with van der Waals surface area (Å²) >= 11 is 5.98. The molecule has 1 amide bonds. The van der Waals surface area contributed by atoms with E-state index in [2.05, 4.69) is 15.4 Å². The number of halogens is 6. The normalized spacial score (nSPS) is 11.7. The fourth-order valence-corrected chi connectivity index (χ4v) is 2.89. The van der Waals surface area contributed by atoms with Crippen molar-refractivity contribution < 1.29 is 26.7 Å². The predicted molar refractivity (Wildman–Crippen MR) is 95.8 cm³/mol. The van der Waals surface area contributed by atoms with Crippen molar-refractivity contribution >= 4 is 23.2 Å². The van der Waals surface area contributed by atoms with E-state index in [0.717, 1.165) is 16.9 Å². The summed E-state index contributed by atoms with van der Waals surface area (Å²) in [6, 6.07) is 6.76. The molecule has 3 aromatic rings. The average molecular weight is 431 g/mol. The largest absolute Gasteiger partial charge is 0.417 e. The molecule has 1 N–H and O–H groups in total. The van der Waals surface area contributed by atoms with Crippen molar-refractivity contribution in [1.29, 1.82) is 0 Å². The molecule has 5 nitrogen and oxygen atoms in total. The minimum atomic E-state index is -4.62. The molecule has 0 atom stereocenters. The van der Waals surface area contributed by atoms with Crippen LogP contribution in [0.1, 0.15) is 28.0 Å². The number of nitrogens with one attached hydrogen (secondary N) is 1. The van der Waals surface area contributed by atoms with Crippen molar-refractivity contribution in [3.8, 4) is 11.3 Å². The van der Waals surface area contributed by atoms with Crippen molar-refractivity contribution in [3.63, 3.8) is 0 Å². The van der Waals surface area contributed by atoms with E-state index >= 15 is 0 Å². The first kappa shape index (κ1) is 20.7. The zero-order valence-electron chi connectivity index (χ0n) is 14.6. The monoisotopic (exact) mass is 430 g/mol. The topological polar surface area (TPSA) is 59.8 Å². The minimum absolute atomic E-state index is 0.00386. The number of aromatic nitrogens is 3. The number of aryl methyl sites for hydroxylation is 1. The van der Waals surface area contributed by atoms with Crippen LogP contribution < -0.4 is 5.32 Å². The van der Waals surface area contributed by atoms with Crippen LogP contribution in [-0.2, 0) is 13.2 Å². The molecular weight excluding hydrogens is 419 g/mol. The van der Waals surface area contributed by atoms with Gasteiger partial charge in [-0.25, -0.2) is 8.78 Å². The summed E-state index contributed by atoms with van der Waals surface area (Å²) in [6.45, 7) is 0. The molecule has 0 spiro atoms. The van der Waals surface area contributed by atoms with Crippen molar-refractivity contribution in [1.82, 2.24) is 14.8 Å². The molecule has 152 valence electrons. The molecular formula is C18H12ClF5N4O. The number of nitrogens with zero attached hydrogens (tertiary/aromatic N) is 3. The van der Waals surface area contributed by atoms with E-state index in [1.54, 1.807) is 12.1 Å². The van der Waals surface area contributed by atoms with Crippen LogP contribution in [0.15, 0.2) is 42.7 Å². The first-order chi connectivity index (χ1) is 13.6. The van der Waals surface area contributed by atoms with Crippen molar-refractivity contribution in [2.75, 3.05) is 5.32 Å². The predicted octanol–water partition coefficient (Wildman–Crippen LogP) is 5.34. The first-order valence-corrected chi connectivity index (χ1v) is 8.41. The Bertz CT molecular complexity index is 1060. The fraction of sp³-hybridized carbons (Fsp3) is 0.167. The molecule has 11 heteroatoms. The minimum Gasteiger partial charge on any atom is -0.321 e. The van der Waals surface area contributed by atoms with Crippen LogP contribution in [0.2, 0.25) is 5.02 Å². The molecule has 1 aromatic carbocycles. The summed E-state index contributed by atoms with van der Waals surface area (Å²) in [7, 11) is 1.39. The van der Waals surface area contributed by atoms with E-state index in [4.69, 9.17) is 11.6 Å². The Hall–Kier alpha value is -3.01. The molecule has 0 radical (unpaired) electrons. The maximum absolute atomic E-state index is 13.1. The van der Waals surface area contributed by atoms with Gasteiger partial charge in [0, 0.05) is 25.0 Å². The highest BCUT2D eigenvalue weighted by molar-refractivity contribution is 6.33. The number of carbonyl (C=O) groups excluding carboxylic acids is 1. The molecule has 0 unspecified atom stereocenters. The maximum atomic E-state index is 13.1. The van der Waals surface area contributed by atoms with Gasteiger partial charge in [0.25, 0.3) is 12.3 Å². The van der Waals surface area contributed by atoms with Gasteiger partial charge in [0.1, 0.15) is 5.69 Å². The fourth-order valence-electron chi connectivity index (χ4n) is 2.62. The van der Waals surface area contributed by atoms with Crippen LogP contribution in [0.25, 0.3) is 11.3 Å². The highest BCUT2D eigenvalue weighted by Crippen LogP contribution is 2.36. The summed E-state index contributed by atoms with van der Waals surface area (Å²) in [5.74, 6) is -0.858. The number of hydrogen-bond acceptors (Lipinski definition) is 3. The number of anilines is 1. The van der Waals surface area contributed by atoms with Crippen molar-refractivity contribution in [3.05, 3.63) is 64.6 Å². The van der Waals surface area contributed by atoms with Crippen molar-refractivity contribution in [2.24, 2.45) is 7.05 Å². The van der Waals surface area contributed by atoms with E-state index < -0.39 is 29.8 Å². The molecule has 0 bridgehead atoms. The SMILES string of the molecule is Cn1cc(C(=O)Nc2ccccc2-c2ncc(C(F)(F)F)cc2Cl)c(C(F)F)n1. The van der Waals surface area contributed by atoms with Gasteiger partial charge in [-0.05, 0) is 12.1 Å². The third-order valence-electron chi connectivity index (χ3n) is 3.91. The van der Waals surface area contributed by atoms with E-state index in [1.165, 1.54) is 19.2 Å². The lowest BCUT2D eigenvalue weighted by molar-refractivity contribution is -0.137. The second-order valence-electron chi connectivity index (χ2n) is 5.95. The molecule has 0 saturated carbocycles. The number of alkyl halides is 5. The molecule has 0 aliphatic heterocycles. The smallest absolute Gasteiger partial charge is 0.321 e. The van der Waals surface area contributed by atoms with Crippen LogP contribution in [-0.4, -0.2) is 20.7 Å². The Balaban J connectivity index is 1.98. The quantitative estimate of drug-likeness (QED) is 0.568. The zero-order valence-corrected chi connectivity index (χ0v) is 15.4. The van der Waals surface area contributed by atoms with Crippen LogP contribution in [0.3, 0.4) is 0 Å². The zero-order chi connectivity index (χ0) is 21.3. The molecule has 2 heterocycles. The van der Waals surface area contributed by atoms with Gasteiger partial charge in [-0.2, -0.15) is 18.3 Å². The second-order valence-corrected chi connectivity index (χ2v) is 6.36. The molecule has 0 fully saturated rings. The number of rotatable bonds is 4. The van der Waals surface area contributed by atoms with Crippen molar-refractivity contribution in [2.45, 2.75) is 12.6 Å². The Morgan fingerprint density at radius 1 is 1.24 bits per heavy atom. The highest BCUT2D eigenvalue weighted by Gasteiger charge is 2.32. The molecule has 3 rings (SSSR count). The van der Waals surface area contributed by atoms with Crippen LogP contribution in [0, 0.1) is 0 Å². The number of hydrogen-bond donors (Lipinski definition) is 1. The highest BCUT2D eigenvalue weighted by atomic mass is 35.5. The van der Waals surface area contributed by atoms with E-state index in [9.17, 15) is 26.7 Å². The van der Waals surface area contributed by atoms with Gasteiger partial charge in [-0.15, -0.1) is 0 Å². The van der Waals surface area contributed by atoms with Crippen LogP contribution >= 0.6 is 11.6 Å². The molecule has 2 aromatic heterocycles. The van der Waals surface area contributed by atoms with Gasteiger partial charge < -0.3 is 5.32 Å². The van der Waals surface area contributed by atoms with Gasteiger partial charge >= 0.3 is 6.18 Å². The third-order valence-corrected chi connectivity index (χ3v) is 4.20.